The molecule has 2 aromatic rings. The van der Waals surface area contributed by atoms with Crippen LogP contribution in [0.5, 0.6) is 5.75 Å². The Bertz CT molecular complexity index is 543. The number of aliphatic hydroxyl groups is 1. The maximum atomic E-state index is 12.8. The molecular formula is C11H11F2N3O2. The number of para-hydroxylation sites is 1. The van der Waals surface area contributed by atoms with E-state index in [9.17, 15) is 13.9 Å². The number of hydrogen-bond donors (Lipinski definition) is 2. The van der Waals surface area contributed by atoms with Gasteiger partial charge in [0, 0.05) is 5.56 Å². The van der Waals surface area contributed by atoms with Crippen molar-refractivity contribution in [2.45, 2.75) is 19.6 Å². The van der Waals surface area contributed by atoms with Crippen LogP contribution in [-0.4, -0.2) is 25.2 Å². The van der Waals surface area contributed by atoms with E-state index >= 15 is 0 Å². The first-order valence-electron chi connectivity index (χ1n) is 5.21. The molecule has 0 aliphatic carbocycles. The fraction of sp³-hybridized carbons (Fsp3) is 0.273. The largest absolute Gasteiger partial charge is 0.508 e. The minimum atomic E-state index is -2.78. The highest BCUT2D eigenvalue weighted by molar-refractivity contribution is 5.32. The summed E-state index contributed by atoms with van der Waals surface area (Å²) in [4.78, 5) is 0. The lowest BCUT2D eigenvalue weighted by Crippen LogP contribution is -2.08. The molecule has 0 radical (unpaired) electrons. The van der Waals surface area contributed by atoms with Gasteiger partial charge in [-0.05, 0) is 6.07 Å². The molecule has 0 aliphatic rings. The van der Waals surface area contributed by atoms with E-state index in [0.717, 1.165) is 4.68 Å². The number of aliphatic hydroxyl groups excluding tert-OH is 1. The average molecular weight is 255 g/mol. The molecular weight excluding hydrogens is 244 g/mol. The molecule has 0 saturated carbocycles. The average Bonchev–Trinajstić information content (AvgIpc) is 2.75. The molecule has 0 bridgehead atoms. The predicted octanol–water partition coefficient (Wildman–Crippen LogP) is 1.46. The van der Waals surface area contributed by atoms with Crippen molar-refractivity contribution < 1.29 is 19.0 Å². The molecule has 1 aromatic carbocycles. The van der Waals surface area contributed by atoms with Crippen LogP contribution in [0.15, 0.2) is 24.3 Å². The molecule has 0 spiro atoms. The standard InChI is InChI=1S/C11H11F2N3O2/c12-11(13)10-8(6-17)14-15-16(10)5-7-3-1-2-4-9(7)18/h1-4,11,17-18H,5-6H2. The number of hydrogen-bond acceptors (Lipinski definition) is 4. The quantitative estimate of drug-likeness (QED) is 0.867. The van der Waals surface area contributed by atoms with Crippen LogP contribution in [0.2, 0.25) is 0 Å². The fourth-order valence-electron chi connectivity index (χ4n) is 1.63. The number of phenolic OH excluding ortho intramolecular Hbond substituents is 1. The van der Waals surface area contributed by atoms with Crippen LogP contribution in [0.1, 0.15) is 23.4 Å². The highest BCUT2D eigenvalue weighted by Crippen LogP contribution is 2.24. The summed E-state index contributed by atoms with van der Waals surface area (Å²) in [6, 6.07) is 6.38. The number of benzene rings is 1. The fourth-order valence-corrected chi connectivity index (χ4v) is 1.63. The third kappa shape index (κ3) is 2.30. The van der Waals surface area contributed by atoms with Gasteiger partial charge in [0.15, 0.2) is 0 Å². The molecule has 0 aliphatic heterocycles. The summed E-state index contributed by atoms with van der Waals surface area (Å²) >= 11 is 0. The minimum absolute atomic E-state index is 0.00114. The van der Waals surface area contributed by atoms with Gasteiger partial charge in [-0.1, -0.05) is 23.4 Å². The predicted molar refractivity (Wildman–Crippen MR) is 58.1 cm³/mol. The van der Waals surface area contributed by atoms with Crippen molar-refractivity contribution >= 4 is 0 Å². The van der Waals surface area contributed by atoms with Crippen LogP contribution < -0.4 is 0 Å². The molecule has 1 heterocycles. The van der Waals surface area contributed by atoms with Gasteiger partial charge in [-0.2, -0.15) is 0 Å². The monoisotopic (exact) mass is 255 g/mol. The number of aromatic hydroxyl groups is 1. The van der Waals surface area contributed by atoms with Gasteiger partial charge in [0.05, 0.1) is 13.2 Å². The van der Waals surface area contributed by atoms with Crippen molar-refractivity contribution in [2.24, 2.45) is 0 Å². The van der Waals surface area contributed by atoms with E-state index in [-0.39, 0.29) is 18.0 Å². The maximum Gasteiger partial charge on any atom is 0.282 e. The van der Waals surface area contributed by atoms with E-state index in [2.05, 4.69) is 10.3 Å². The van der Waals surface area contributed by atoms with Crippen molar-refractivity contribution in [3.63, 3.8) is 0 Å². The normalized spacial score (nSPS) is 11.1. The number of halogens is 2. The summed E-state index contributed by atoms with van der Waals surface area (Å²) in [7, 11) is 0. The lowest BCUT2D eigenvalue weighted by atomic mass is 10.2. The van der Waals surface area contributed by atoms with Gasteiger partial charge < -0.3 is 10.2 Å². The van der Waals surface area contributed by atoms with Crippen molar-refractivity contribution in [3.8, 4) is 5.75 Å². The number of nitrogens with zero attached hydrogens (tertiary/aromatic N) is 3. The summed E-state index contributed by atoms with van der Waals surface area (Å²) in [6.45, 7) is -0.625. The van der Waals surface area contributed by atoms with Gasteiger partial charge >= 0.3 is 0 Å². The number of phenols is 1. The van der Waals surface area contributed by atoms with Crippen molar-refractivity contribution in [3.05, 3.63) is 41.2 Å². The van der Waals surface area contributed by atoms with Crippen LogP contribution in [0.3, 0.4) is 0 Å². The molecule has 0 fully saturated rings. The SMILES string of the molecule is OCc1nnn(Cc2ccccc2O)c1C(F)F. The highest BCUT2D eigenvalue weighted by atomic mass is 19.3. The van der Waals surface area contributed by atoms with Crippen molar-refractivity contribution in [1.82, 2.24) is 15.0 Å². The second-order valence-corrected chi connectivity index (χ2v) is 3.67. The Morgan fingerprint density at radius 3 is 2.61 bits per heavy atom. The molecule has 18 heavy (non-hydrogen) atoms. The third-order valence-electron chi connectivity index (χ3n) is 2.52. The van der Waals surface area contributed by atoms with E-state index < -0.39 is 18.7 Å². The Morgan fingerprint density at radius 1 is 1.28 bits per heavy atom. The third-order valence-corrected chi connectivity index (χ3v) is 2.52. The molecule has 7 heteroatoms. The Balaban J connectivity index is 2.35. The molecule has 2 rings (SSSR count). The molecule has 0 atom stereocenters. The van der Waals surface area contributed by atoms with Crippen LogP contribution in [0.4, 0.5) is 8.78 Å². The topological polar surface area (TPSA) is 71.2 Å². The molecule has 0 unspecified atom stereocenters. The van der Waals surface area contributed by atoms with Gasteiger partial charge in [-0.15, -0.1) is 5.10 Å². The first kappa shape index (κ1) is 12.4. The van der Waals surface area contributed by atoms with Crippen LogP contribution in [-0.2, 0) is 13.2 Å². The molecule has 1 aromatic heterocycles. The lowest BCUT2D eigenvalue weighted by molar-refractivity contribution is 0.135. The van der Waals surface area contributed by atoms with Gasteiger partial charge in [0.25, 0.3) is 6.43 Å². The first-order valence-corrected chi connectivity index (χ1v) is 5.21. The summed E-state index contributed by atoms with van der Waals surface area (Å²) in [5.74, 6) is -0.00114. The second kappa shape index (κ2) is 5.09. The highest BCUT2D eigenvalue weighted by Gasteiger charge is 2.21. The zero-order valence-electron chi connectivity index (χ0n) is 9.29. The molecule has 5 nitrogen and oxygen atoms in total. The minimum Gasteiger partial charge on any atom is -0.508 e. The summed E-state index contributed by atoms with van der Waals surface area (Å²) in [6.07, 6.45) is -2.78. The van der Waals surface area contributed by atoms with Gasteiger partial charge in [-0.25, -0.2) is 13.5 Å². The maximum absolute atomic E-state index is 12.8. The smallest absolute Gasteiger partial charge is 0.282 e. The summed E-state index contributed by atoms with van der Waals surface area (Å²) in [5, 5.41) is 25.5. The number of alkyl halides is 2. The summed E-state index contributed by atoms with van der Waals surface area (Å²) in [5.41, 5.74) is -0.130. The van der Waals surface area contributed by atoms with Crippen LogP contribution >= 0.6 is 0 Å². The van der Waals surface area contributed by atoms with Gasteiger partial charge in [-0.3, -0.25) is 0 Å². The van der Waals surface area contributed by atoms with E-state index in [1.54, 1.807) is 18.2 Å². The van der Waals surface area contributed by atoms with Gasteiger partial charge in [0.2, 0.25) is 0 Å². The van der Waals surface area contributed by atoms with Crippen molar-refractivity contribution in [2.75, 3.05) is 0 Å². The summed E-state index contributed by atoms with van der Waals surface area (Å²) < 4.78 is 26.7. The lowest BCUT2D eigenvalue weighted by Gasteiger charge is -2.07. The van der Waals surface area contributed by atoms with Crippen molar-refractivity contribution in [1.29, 1.82) is 0 Å². The number of aromatic nitrogens is 3. The second-order valence-electron chi connectivity index (χ2n) is 3.67. The Labute approximate surface area is 101 Å². The Hall–Kier alpha value is -2.02. The molecule has 0 saturated heterocycles. The van der Waals surface area contributed by atoms with Crippen LogP contribution in [0.25, 0.3) is 0 Å². The van der Waals surface area contributed by atoms with Gasteiger partial charge in [0.1, 0.15) is 17.1 Å². The molecule has 0 amide bonds. The molecule has 96 valence electrons. The van der Waals surface area contributed by atoms with E-state index in [4.69, 9.17) is 5.11 Å². The Morgan fingerprint density at radius 2 is 2.00 bits per heavy atom. The zero-order chi connectivity index (χ0) is 13.1. The van der Waals surface area contributed by atoms with E-state index in [0.29, 0.717) is 5.56 Å². The Kier molecular flexibility index (Phi) is 3.52. The molecule has 2 N–H and O–H groups in total. The first-order chi connectivity index (χ1) is 8.63. The zero-order valence-corrected chi connectivity index (χ0v) is 9.29. The van der Waals surface area contributed by atoms with E-state index in [1.807, 2.05) is 0 Å². The van der Waals surface area contributed by atoms with E-state index in [1.165, 1.54) is 6.07 Å². The van der Waals surface area contributed by atoms with Crippen LogP contribution in [0, 0.1) is 0 Å². The number of rotatable bonds is 4.